The third kappa shape index (κ3) is 3.38. The van der Waals surface area contributed by atoms with Crippen molar-refractivity contribution in [2.24, 2.45) is 4.99 Å². The number of hydrogen-bond donors (Lipinski definition) is 3. The minimum absolute atomic E-state index is 0.0618. The van der Waals surface area contributed by atoms with Gasteiger partial charge in [0.25, 0.3) is 11.5 Å². The summed E-state index contributed by atoms with van der Waals surface area (Å²) in [4.78, 5) is 40.9. The Morgan fingerprint density at radius 2 is 2.04 bits per heavy atom. The molecule has 0 fully saturated rings. The highest BCUT2D eigenvalue weighted by Crippen LogP contribution is 2.15. The van der Waals surface area contributed by atoms with E-state index in [1.165, 1.54) is 0 Å². The molecular formula is C20H23N5O3. The number of H-pyrrole nitrogens is 3. The van der Waals surface area contributed by atoms with Gasteiger partial charge in [0.15, 0.2) is 0 Å². The number of carbonyl (C=O) groups excluding carboxylic acids is 1. The monoisotopic (exact) mass is 381 g/mol. The van der Waals surface area contributed by atoms with Crippen molar-refractivity contribution in [1.29, 1.82) is 0 Å². The van der Waals surface area contributed by atoms with Crippen LogP contribution in [-0.2, 0) is 4.74 Å². The lowest BCUT2D eigenvalue weighted by atomic mass is 10.1. The van der Waals surface area contributed by atoms with E-state index in [1.807, 2.05) is 19.9 Å². The zero-order chi connectivity index (χ0) is 19.8. The van der Waals surface area contributed by atoms with E-state index < -0.39 is 0 Å². The summed E-state index contributed by atoms with van der Waals surface area (Å²) in [5.74, 6) is -0.117. The predicted molar refractivity (Wildman–Crippen MR) is 105 cm³/mol. The maximum absolute atomic E-state index is 12.9. The second-order valence-corrected chi connectivity index (χ2v) is 7.22. The topological polar surface area (TPSA) is 106 Å². The Bertz CT molecular complexity index is 1170. The maximum atomic E-state index is 12.9. The Morgan fingerprint density at radius 1 is 1.21 bits per heavy atom. The van der Waals surface area contributed by atoms with Gasteiger partial charge in [0.1, 0.15) is 5.49 Å². The largest absolute Gasteiger partial charge is 0.377 e. The number of aromatic nitrogens is 3. The van der Waals surface area contributed by atoms with Crippen molar-refractivity contribution in [1.82, 2.24) is 19.9 Å². The number of amides is 1. The highest BCUT2D eigenvalue weighted by molar-refractivity contribution is 5.97. The minimum atomic E-state index is -0.208. The fourth-order valence-electron chi connectivity index (χ4n) is 3.42. The van der Waals surface area contributed by atoms with Crippen molar-refractivity contribution in [2.75, 3.05) is 26.8 Å². The van der Waals surface area contributed by atoms with Gasteiger partial charge in [0, 0.05) is 31.0 Å². The van der Waals surface area contributed by atoms with Crippen molar-refractivity contribution >= 4 is 12.0 Å². The third-order valence-corrected chi connectivity index (χ3v) is 4.86. The van der Waals surface area contributed by atoms with E-state index in [0.29, 0.717) is 47.4 Å². The number of likely N-dealkylation sites (N-methyl/N-ethyl adjacent to an activating group) is 1. The van der Waals surface area contributed by atoms with Crippen molar-refractivity contribution in [3.63, 3.8) is 0 Å². The Hall–Kier alpha value is -3.13. The number of fused-ring (bicyclic) bond motifs is 2. The second kappa shape index (κ2) is 7.12. The number of nitrogens with zero attached hydrogens (tertiary/aromatic N) is 2. The average Bonchev–Trinajstić information content (AvgIpc) is 3.17. The molecule has 146 valence electrons. The van der Waals surface area contributed by atoms with Crippen LogP contribution in [-0.4, -0.2) is 58.6 Å². The molecule has 1 aromatic heterocycles. The molecule has 0 spiro atoms. The van der Waals surface area contributed by atoms with Crippen molar-refractivity contribution in [3.05, 3.63) is 56.3 Å². The zero-order valence-electron chi connectivity index (χ0n) is 16.1. The number of ether oxygens (including phenoxy) is 1. The number of aromatic amines is 3. The second-order valence-electron chi connectivity index (χ2n) is 7.22. The lowest BCUT2D eigenvalue weighted by Gasteiger charge is -2.17. The van der Waals surface area contributed by atoms with Crippen LogP contribution in [0.2, 0.25) is 0 Å². The van der Waals surface area contributed by atoms with E-state index in [1.54, 1.807) is 30.3 Å². The fourth-order valence-corrected chi connectivity index (χ4v) is 3.42. The van der Waals surface area contributed by atoms with Crippen LogP contribution in [0.15, 0.2) is 28.1 Å². The molecule has 1 amide bonds. The van der Waals surface area contributed by atoms with Gasteiger partial charge < -0.3 is 24.6 Å². The molecule has 0 aromatic carbocycles. The molecule has 3 aliphatic rings. The SMILES string of the molecule is Cc1cc2c([nH]1)/C=c1/c3cc([nH]cc-3[nH]c1=O)=N[C@@H](C)COCCN(C)C2=O. The molecule has 1 atom stereocenters. The molecule has 4 heterocycles. The summed E-state index contributed by atoms with van der Waals surface area (Å²) >= 11 is 0. The summed E-state index contributed by atoms with van der Waals surface area (Å²) in [5, 5.41) is 0.498. The van der Waals surface area contributed by atoms with Crippen LogP contribution >= 0.6 is 0 Å². The minimum Gasteiger partial charge on any atom is -0.377 e. The highest BCUT2D eigenvalue weighted by atomic mass is 16.5. The van der Waals surface area contributed by atoms with Crippen molar-refractivity contribution < 1.29 is 9.53 Å². The Kier molecular flexibility index (Phi) is 4.64. The number of aryl methyl sites for hydroxylation is 1. The summed E-state index contributed by atoms with van der Waals surface area (Å²) in [7, 11) is 1.75. The summed E-state index contributed by atoms with van der Waals surface area (Å²) < 4.78 is 5.69. The fraction of sp³-hybridized carbons (Fsp3) is 0.350. The van der Waals surface area contributed by atoms with Gasteiger partial charge in [-0.15, -0.1) is 0 Å². The maximum Gasteiger partial charge on any atom is 0.256 e. The molecule has 1 aromatic rings. The van der Waals surface area contributed by atoms with Crippen LogP contribution in [0.1, 0.15) is 28.7 Å². The van der Waals surface area contributed by atoms with E-state index >= 15 is 0 Å². The standard InChI is InChI=1S/C20H23N5O3/c1-11-6-15-16(22-11)7-14-13-8-18(21-9-17(13)24-19(14)26)23-12(2)10-28-5-4-25(3)20(15)27/h6-9,12,22H,4-5,10H2,1-3H3,(H,21,23)(H,24,26)/b14-7-/t12-/m0/s1. The first-order valence-corrected chi connectivity index (χ1v) is 9.25. The number of nitrogens with one attached hydrogen (secondary N) is 3. The number of hydrogen-bond acceptors (Lipinski definition) is 4. The van der Waals surface area contributed by atoms with Crippen LogP contribution in [0.4, 0.5) is 0 Å². The van der Waals surface area contributed by atoms with Gasteiger partial charge in [0.2, 0.25) is 0 Å². The molecular weight excluding hydrogens is 358 g/mol. The third-order valence-electron chi connectivity index (χ3n) is 4.86. The number of pyridine rings is 1. The van der Waals surface area contributed by atoms with E-state index in [4.69, 9.17) is 4.74 Å². The summed E-state index contributed by atoms with van der Waals surface area (Å²) in [6.07, 6.45) is 3.47. The summed E-state index contributed by atoms with van der Waals surface area (Å²) in [6, 6.07) is 3.59. The normalized spacial score (nSPS) is 19.5. The van der Waals surface area contributed by atoms with Gasteiger partial charge in [-0.2, -0.15) is 0 Å². The van der Waals surface area contributed by atoms with Gasteiger partial charge in [-0.1, -0.05) is 0 Å². The summed E-state index contributed by atoms with van der Waals surface area (Å²) in [5.41, 5.74) is 3.90. The molecule has 2 bridgehead atoms. The molecule has 8 heteroatoms. The smallest absolute Gasteiger partial charge is 0.256 e. The first kappa shape index (κ1) is 18.2. The lowest BCUT2D eigenvalue weighted by Crippen LogP contribution is -2.31. The molecule has 28 heavy (non-hydrogen) atoms. The van der Waals surface area contributed by atoms with Gasteiger partial charge >= 0.3 is 0 Å². The average molecular weight is 381 g/mol. The summed E-state index contributed by atoms with van der Waals surface area (Å²) in [6.45, 7) is 5.19. The van der Waals surface area contributed by atoms with E-state index in [-0.39, 0.29) is 17.5 Å². The Morgan fingerprint density at radius 3 is 2.86 bits per heavy atom. The Balaban J connectivity index is 1.98. The molecule has 3 N–H and O–H groups in total. The van der Waals surface area contributed by atoms with E-state index in [2.05, 4.69) is 19.9 Å². The lowest BCUT2D eigenvalue weighted by molar-refractivity contribution is 0.0682. The van der Waals surface area contributed by atoms with Crippen LogP contribution in [0.3, 0.4) is 0 Å². The highest BCUT2D eigenvalue weighted by Gasteiger charge is 2.19. The van der Waals surface area contributed by atoms with Crippen molar-refractivity contribution in [3.8, 4) is 11.3 Å². The van der Waals surface area contributed by atoms with Gasteiger partial charge in [-0.05, 0) is 32.1 Å². The van der Waals surface area contributed by atoms with Crippen LogP contribution in [0.25, 0.3) is 17.3 Å². The van der Waals surface area contributed by atoms with Gasteiger partial charge in [-0.25, -0.2) is 0 Å². The predicted octanol–water partition coefficient (Wildman–Crippen LogP) is 0.383. The van der Waals surface area contributed by atoms with Crippen LogP contribution in [0.5, 0.6) is 0 Å². The molecule has 0 saturated heterocycles. The molecule has 0 saturated carbocycles. The van der Waals surface area contributed by atoms with Gasteiger partial charge in [0.05, 0.1) is 41.4 Å². The number of rotatable bonds is 0. The Labute approximate surface area is 161 Å². The van der Waals surface area contributed by atoms with Crippen LogP contribution in [0, 0.1) is 6.92 Å². The van der Waals surface area contributed by atoms with Crippen LogP contribution < -0.4 is 16.3 Å². The van der Waals surface area contributed by atoms with Gasteiger partial charge in [-0.3, -0.25) is 14.6 Å². The van der Waals surface area contributed by atoms with E-state index in [0.717, 1.165) is 11.3 Å². The molecule has 4 rings (SSSR count). The number of carbonyl (C=O) groups is 1. The molecule has 3 aliphatic heterocycles. The van der Waals surface area contributed by atoms with E-state index in [9.17, 15) is 9.59 Å². The quantitative estimate of drug-likeness (QED) is 0.524. The molecule has 0 aliphatic carbocycles. The first-order valence-electron chi connectivity index (χ1n) is 9.25. The molecule has 8 nitrogen and oxygen atoms in total. The first-order chi connectivity index (χ1) is 13.4. The zero-order valence-corrected chi connectivity index (χ0v) is 16.1. The molecule has 0 radical (unpaired) electrons. The van der Waals surface area contributed by atoms with Crippen molar-refractivity contribution in [2.45, 2.75) is 19.9 Å². The molecule has 0 unspecified atom stereocenters.